The molecular weight excluding hydrogens is 708 g/mol. The average Bonchev–Trinajstić information content (AvgIpc) is 3.11. The molecule has 0 fully saturated rings. The number of hydrogen-bond donors (Lipinski definition) is 1. The van der Waals surface area contributed by atoms with Crippen LogP contribution in [0.5, 0.6) is 17.2 Å². The van der Waals surface area contributed by atoms with E-state index in [1.54, 1.807) is 0 Å². The lowest BCUT2D eigenvalue weighted by atomic mass is 9.72. The maximum absolute atomic E-state index is 11.3. The smallest absolute Gasteiger partial charge is 0.463 e. The Balaban J connectivity index is 1.91. The number of rotatable bonds is 13. The molecular formula is C51H79O4P. The summed E-state index contributed by atoms with van der Waals surface area (Å²) in [7, 11) is -1.80. The second kappa shape index (κ2) is 16.6. The Kier molecular flexibility index (Phi) is 13.7. The molecule has 3 aromatic rings. The number of phenols is 1. The molecule has 1 heterocycles. The maximum atomic E-state index is 11.3. The Labute approximate surface area is 344 Å². The fourth-order valence-electron chi connectivity index (χ4n) is 7.51. The summed E-state index contributed by atoms with van der Waals surface area (Å²) >= 11 is 0. The Morgan fingerprint density at radius 1 is 0.554 bits per heavy atom. The van der Waals surface area contributed by atoms with Gasteiger partial charge in [0.05, 0.1) is 6.61 Å². The summed E-state index contributed by atoms with van der Waals surface area (Å²) in [4.78, 5) is 0. The molecule has 5 heteroatoms. The average molecular weight is 787 g/mol. The molecule has 1 N–H and O–H groups in total. The third-order valence-corrected chi connectivity index (χ3v) is 14.7. The first-order chi connectivity index (χ1) is 25.6. The minimum atomic E-state index is -1.80. The van der Waals surface area contributed by atoms with Gasteiger partial charge in [-0.05, 0) is 98.8 Å². The van der Waals surface area contributed by atoms with Crippen LogP contribution in [0.4, 0.5) is 0 Å². The molecule has 0 radical (unpaired) electrons. The Bertz CT molecular complexity index is 1720. The topological polar surface area (TPSA) is 47.9 Å². The molecule has 1 aliphatic rings. The van der Waals surface area contributed by atoms with Crippen LogP contribution in [-0.4, -0.2) is 11.7 Å². The van der Waals surface area contributed by atoms with Crippen LogP contribution in [-0.2, 0) is 43.4 Å². The molecule has 4 nitrogen and oxygen atoms in total. The molecule has 0 unspecified atom stereocenters. The van der Waals surface area contributed by atoms with E-state index < -0.39 is 8.60 Å². The van der Waals surface area contributed by atoms with Gasteiger partial charge in [0.1, 0.15) is 17.2 Å². The summed E-state index contributed by atoms with van der Waals surface area (Å²) in [5.74, 6) is 2.32. The molecule has 312 valence electrons. The zero-order valence-electron chi connectivity index (χ0n) is 39.1. The third-order valence-electron chi connectivity index (χ3n) is 13.6. The lowest BCUT2D eigenvalue weighted by Crippen LogP contribution is -2.25. The van der Waals surface area contributed by atoms with E-state index in [-0.39, 0.29) is 38.4 Å². The molecule has 0 saturated carbocycles. The second-order valence-electron chi connectivity index (χ2n) is 21.4. The van der Waals surface area contributed by atoms with Crippen LogP contribution < -0.4 is 9.05 Å². The van der Waals surface area contributed by atoms with Crippen LogP contribution in [0.2, 0.25) is 0 Å². The summed E-state index contributed by atoms with van der Waals surface area (Å²) in [6.07, 6.45) is 5.67. The molecule has 0 aromatic heterocycles. The highest BCUT2D eigenvalue weighted by molar-refractivity contribution is 7.42. The van der Waals surface area contributed by atoms with Crippen LogP contribution in [0.1, 0.15) is 220 Å². The number of fused-ring (bicyclic) bond motifs is 2. The van der Waals surface area contributed by atoms with Crippen molar-refractivity contribution in [2.75, 3.05) is 6.61 Å². The van der Waals surface area contributed by atoms with Crippen LogP contribution in [0, 0.1) is 0 Å². The molecule has 0 amide bonds. The number of aryl methyl sites for hydroxylation is 1. The van der Waals surface area contributed by atoms with Crippen molar-refractivity contribution >= 4 is 8.60 Å². The summed E-state index contributed by atoms with van der Waals surface area (Å²) in [5.41, 5.74) is 10.2. The summed E-state index contributed by atoms with van der Waals surface area (Å²) in [6.45, 7) is 43.8. The molecule has 3 aromatic carbocycles. The van der Waals surface area contributed by atoms with Crippen LogP contribution >= 0.6 is 8.60 Å². The Morgan fingerprint density at radius 3 is 1.27 bits per heavy atom. The fraction of sp³-hybridized carbons (Fsp3) is 0.647. The zero-order valence-corrected chi connectivity index (χ0v) is 40.0. The predicted molar refractivity (Wildman–Crippen MR) is 242 cm³/mol. The van der Waals surface area contributed by atoms with Gasteiger partial charge in [0.2, 0.25) is 0 Å². The quantitative estimate of drug-likeness (QED) is 0.138. The standard InChI is InChI=1S/C51H79O4P/c1-20-48(12,13)35-29-37-33(5)38-30-36(49(14,15)21-2)32-42(51(18,19)23-4)45(38)55-56(54-44(37)41(31-35)50(16,17)22-3)53-26-24-25-34-27-39(46(6,7)8)43(52)40(28-34)47(9,10)11/h27-33,52H,20-26H2,1-19H3. The number of phenolic OH excluding ortho intramolecular Hbond substituents is 1. The van der Waals surface area contributed by atoms with Gasteiger partial charge in [-0.2, -0.15) is 0 Å². The first-order valence-electron chi connectivity index (χ1n) is 21.7. The largest absolute Gasteiger partial charge is 0.507 e. The van der Waals surface area contributed by atoms with Gasteiger partial charge < -0.3 is 14.2 Å². The Hall–Kier alpha value is -2.55. The fourth-order valence-corrected chi connectivity index (χ4v) is 8.64. The van der Waals surface area contributed by atoms with Crippen molar-refractivity contribution in [1.29, 1.82) is 0 Å². The Morgan fingerprint density at radius 2 is 0.929 bits per heavy atom. The highest BCUT2D eigenvalue weighted by atomic mass is 31.2. The lowest BCUT2D eigenvalue weighted by Gasteiger charge is -2.38. The molecule has 0 spiro atoms. The summed E-state index contributed by atoms with van der Waals surface area (Å²) in [6, 6.07) is 14.1. The van der Waals surface area contributed by atoms with Crippen molar-refractivity contribution in [2.24, 2.45) is 0 Å². The van der Waals surface area contributed by atoms with Gasteiger partial charge in [-0.3, -0.25) is 4.52 Å². The van der Waals surface area contributed by atoms with E-state index in [1.807, 2.05) is 0 Å². The molecule has 4 rings (SSSR count). The van der Waals surface area contributed by atoms with Crippen molar-refractivity contribution in [2.45, 2.75) is 208 Å². The minimum Gasteiger partial charge on any atom is -0.507 e. The molecule has 0 atom stereocenters. The van der Waals surface area contributed by atoms with Gasteiger partial charge in [0.25, 0.3) is 0 Å². The second-order valence-corrected chi connectivity index (χ2v) is 22.5. The number of benzene rings is 3. The molecule has 0 saturated heterocycles. The van der Waals surface area contributed by atoms with E-state index in [9.17, 15) is 5.11 Å². The molecule has 0 bridgehead atoms. The van der Waals surface area contributed by atoms with Crippen molar-refractivity contribution in [1.82, 2.24) is 0 Å². The number of aromatic hydroxyl groups is 1. The van der Waals surface area contributed by atoms with Crippen molar-refractivity contribution in [3.63, 3.8) is 0 Å². The van der Waals surface area contributed by atoms with Crippen molar-refractivity contribution < 1.29 is 18.7 Å². The first-order valence-corrected chi connectivity index (χ1v) is 22.8. The molecule has 56 heavy (non-hydrogen) atoms. The van der Waals surface area contributed by atoms with Crippen LogP contribution in [0.25, 0.3) is 0 Å². The van der Waals surface area contributed by atoms with Gasteiger partial charge in [-0.25, -0.2) is 0 Å². The van der Waals surface area contributed by atoms with Gasteiger partial charge in [-0.15, -0.1) is 0 Å². The predicted octanol–water partition coefficient (Wildman–Crippen LogP) is 15.5. The van der Waals surface area contributed by atoms with Gasteiger partial charge in [-0.1, -0.05) is 168 Å². The molecule has 0 aliphatic carbocycles. The third kappa shape index (κ3) is 9.66. The molecule has 1 aliphatic heterocycles. The monoisotopic (exact) mass is 787 g/mol. The van der Waals surface area contributed by atoms with E-state index in [1.165, 1.54) is 38.9 Å². The van der Waals surface area contributed by atoms with Crippen LogP contribution in [0.15, 0.2) is 36.4 Å². The van der Waals surface area contributed by atoms with Crippen molar-refractivity contribution in [3.8, 4) is 17.2 Å². The minimum absolute atomic E-state index is 0.00556. The van der Waals surface area contributed by atoms with E-state index >= 15 is 0 Å². The summed E-state index contributed by atoms with van der Waals surface area (Å²) < 4.78 is 21.2. The van der Waals surface area contributed by atoms with Gasteiger partial charge in [0, 0.05) is 28.2 Å². The van der Waals surface area contributed by atoms with E-state index in [4.69, 9.17) is 13.6 Å². The highest BCUT2D eigenvalue weighted by Gasteiger charge is 2.39. The summed E-state index contributed by atoms with van der Waals surface area (Å²) in [5, 5.41) is 11.3. The highest BCUT2D eigenvalue weighted by Crippen LogP contribution is 2.57. The zero-order chi connectivity index (χ0) is 42.4. The van der Waals surface area contributed by atoms with Crippen LogP contribution in [0.3, 0.4) is 0 Å². The lowest BCUT2D eigenvalue weighted by molar-refractivity contribution is 0.255. The van der Waals surface area contributed by atoms with E-state index in [0.717, 1.165) is 61.2 Å². The van der Waals surface area contributed by atoms with E-state index in [0.29, 0.717) is 12.4 Å². The van der Waals surface area contributed by atoms with Crippen molar-refractivity contribution in [3.05, 3.63) is 86.5 Å². The van der Waals surface area contributed by atoms with Gasteiger partial charge >= 0.3 is 8.60 Å². The SMILES string of the molecule is CCC(C)(C)c1cc2c(c(C(C)(C)CC)c1)OP(OCCCc1cc(C(C)(C)C)c(O)c(C(C)(C)C)c1)Oc1c(cc(C(C)(C)CC)cc1C(C)(C)CC)C2C. The number of hydrogen-bond acceptors (Lipinski definition) is 4. The van der Waals surface area contributed by atoms with Gasteiger partial charge in [0.15, 0.2) is 0 Å². The van der Waals surface area contributed by atoms with E-state index in [2.05, 4.69) is 168 Å². The maximum Gasteiger partial charge on any atom is 0.463 e. The first kappa shape index (κ1) is 46.1. The normalized spacial score (nSPS) is 17.1.